The number of likely N-dealkylation sites (N-methyl/N-ethyl adjacent to an activating group) is 1. The molecule has 0 amide bonds. The highest BCUT2D eigenvalue weighted by molar-refractivity contribution is 9.10. The second kappa shape index (κ2) is 6.31. The Kier molecular flexibility index (Phi) is 5.33. The molecular weight excluding hydrogens is 282 g/mol. The van der Waals surface area contributed by atoms with Gasteiger partial charge in [-0.1, -0.05) is 6.92 Å². The topological polar surface area (TPSA) is 38.1 Å². The van der Waals surface area contributed by atoms with E-state index in [1.165, 1.54) is 0 Å². The molecule has 0 spiro atoms. The van der Waals surface area contributed by atoms with Gasteiger partial charge in [-0.2, -0.15) is 5.10 Å². The summed E-state index contributed by atoms with van der Waals surface area (Å²) in [6.07, 6.45) is 1.32. The van der Waals surface area contributed by atoms with Crippen molar-refractivity contribution >= 4 is 21.7 Å². The molecule has 0 atom stereocenters. The summed E-state index contributed by atoms with van der Waals surface area (Å²) in [6, 6.07) is 0. The molecule has 0 saturated heterocycles. The summed E-state index contributed by atoms with van der Waals surface area (Å²) in [4.78, 5) is 13.7. The van der Waals surface area contributed by atoms with Crippen LogP contribution in [0.2, 0.25) is 0 Å². The van der Waals surface area contributed by atoms with Crippen LogP contribution in [0.5, 0.6) is 0 Å². The van der Waals surface area contributed by atoms with Crippen LogP contribution in [0.3, 0.4) is 0 Å². The summed E-state index contributed by atoms with van der Waals surface area (Å²) >= 11 is 3.55. The van der Waals surface area contributed by atoms with E-state index in [2.05, 4.69) is 28.0 Å². The quantitative estimate of drug-likeness (QED) is 0.805. The molecule has 0 aliphatic carbocycles. The normalized spacial score (nSPS) is 11.2. The van der Waals surface area contributed by atoms with E-state index in [0.29, 0.717) is 13.0 Å². The van der Waals surface area contributed by atoms with Crippen molar-refractivity contribution < 1.29 is 4.79 Å². The molecular formula is C12H20BrN3O. The molecule has 17 heavy (non-hydrogen) atoms. The number of aryl methyl sites for hydroxylation is 2. The van der Waals surface area contributed by atoms with Crippen molar-refractivity contribution in [2.75, 3.05) is 20.6 Å². The average Bonchev–Trinajstić information content (AvgIpc) is 2.55. The third-order valence-corrected chi connectivity index (χ3v) is 3.47. The van der Waals surface area contributed by atoms with Gasteiger partial charge in [0.2, 0.25) is 0 Å². The van der Waals surface area contributed by atoms with Crippen molar-refractivity contribution in [3.05, 3.63) is 15.9 Å². The minimum absolute atomic E-state index is 0.216. The van der Waals surface area contributed by atoms with Gasteiger partial charge in [-0.25, -0.2) is 0 Å². The molecule has 0 N–H and O–H groups in total. The zero-order valence-corrected chi connectivity index (χ0v) is 12.5. The Labute approximate surface area is 111 Å². The first-order valence-corrected chi connectivity index (χ1v) is 6.69. The van der Waals surface area contributed by atoms with Gasteiger partial charge in [-0.05, 0) is 43.4 Å². The van der Waals surface area contributed by atoms with E-state index in [4.69, 9.17) is 0 Å². The number of Topliss-reactive ketones (excluding diaryl/α,β-unsaturated/α-hetero) is 1. The van der Waals surface area contributed by atoms with E-state index in [0.717, 1.165) is 28.8 Å². The van der Waals surface area contributed by atoms with E-state index in [1.54, 1.807) is 0 Å². The lowest BCUT2D eigenvalue weighted by atomic mass is 10.2. The number of nitrogens with zero attached hydrogens (tertiary/aromatic N) is 3. The Hall–Kier alpha value is -0.680. The minimum Gasteiger partial charge on any atom is -0.302 e. The maximum absolute atomic E-state index is 11.8. The van der Waals surface area contributed by atoms with Crippen LogP contribution in [0, 0.1) is 0 Å². The molecule has 0 fully saturated rings. The lowest BCUT2D eigenvalue weighted by Gasteiger charge is -2.09. The molecule has 0 aromatic carbocycles. The van der Waals surface area contributed by atoms with Crippen LogP contribution in [0.15, 0.2) is 4.47 Å². The zero-order valence-electron chi connectivity index (χ0n) is 11.0. The number of hydrogen-bond acceptors (Lipinski definition) is 3. The Balaban J connectivity index is 2.89. The van der Waals surface area contributed by atoms with Gasteiger partial charge >= 0.3 is 0 Å². The summed E-state index contributed by atoms with van der Waals surface area (Å²) < 4.78 is 2.91. The highest BCUT2D eigenvalue weighted by Crippen LogP contribution is 2.22. The summed E-state index contributed by atoms with van der Waals surface area (Å²) in [6.45, 7) is 5.38. The summed E-state index contributed by atoms with van der Waals surface area (Å²) in [5, 5.41) is 4.48. The van der Waals surface area contributed by atoms with Gasteiger partial charge < -0.3 is 4.90 Å². The number of aromatic nitrogens is 2. The van der Waals surface area contributed by atoms with E-state index in [-0.39, 0.29) is 5.78 Å². The third kappa shape index (κ3) is 3.64. The average molecular weight is 302 g/mol. The molecule has 4 nitrogen and oxygen atoms in total. The fraction of sp³-hybridized carbons (Fsp3) is 0.667. The fourth-order valence-corrected chi connectivity index (χ4v) is 2.49. The number of carbonyl (C=O) groups is 1. The van der Waals surface area contributed by atoms with E-state index in [9.17, 15) is 4.79 Å². The molecule has 1 heterocycles. The molecule has 96 valence electrons. The van der Waals surface area contributed by atoms with Gasteiger partial charge in [0.15, 0.2) is 5.78 Å². The molecule has 0 aliphatic rings. The van der Waals surface area contributed by atoms with Gasteiger partial charge in [-0.3, -0.25) is 9.48 Å². The summed E-state index contributed by atoms with van der Waals surface area (Å²) in [5.74, 6) is 0.216. The standard InChI is InChI=1S/C12H20BrN3O/c1-5-10-12(13)11(16(6-2)14-10)7-9(17)8-15(3)4/h5-8H2,1-4H3. The predicted octanol–water partition coefficient (Wildman–Crippen LogP) is 1.90. The lowest BCUT2D eigenvalue weighted by molar-refractivity contribution is -0.119. The highest BCUT2D eigenvalue weighted by atomic mass is 79.9. The first kappa shape index (κ1) is 14.4. The number of ketones is 1. The highest BCUT2D eigenvalue weighted by Gasteiger charge is 2.16. The maximum atomic E-state index is 11.8. The first-order valence-electron chi connectivity index (χ1n) is 5.90. The van der Waals surface area contributed by atoms with Crippen LogP contribution >= 0.6 is 15.9 Å². The molecule has 5 heteroatoms. The van der Waals surface area contributed by atoms with Gasteiger partial charge in [0.25, 0.3) is 0 Å². The van der Waals surface area contributed by atoms with Gasteiger partial charge in [0.1, 0.15) is 0 Å². The van der Waals surface area contributed by atoms with Crippen LogP contribution in [0.1, 0.15) is 25.2 Å². The van der Waals surface area contributed by atoms with Crippen molar-refractivity contribution in [1.82, 2.24) is 14.7 Å². The Morgan fingerprint density at radius 2 is 2.06 bits per heavy atom. The van der Waals surface area contributed by atoms with Crippen molar-refractivity contribution in [1.29, 1.82) is 0 Å². The number of hydrogen-bond donors (Lipinski definition) is 0. The van der Waals surface area contributed by atoms with Crippen molar-refractivity contribution in [3.8, 4) is 0 Å². The third-order valence-electron chi connectivity index (χ3n) is 2.55. The maximum Gasteiger partial charge on any atom is 0.152 e. The lowest BCUT2D eigenvalue weighted by Crippen LogP contribution is -2.24. The minimum atomic E-state index is 0.216. The SMILES string of the molecule is CCc1nn(CC)c(CC(=O)CN(C)C)c1Br. The van der Waals surface area contributed by atoms with Crippen LogP contribution in [0.25, 0.3) is 0 Å². The van der Waals surface area contributed by atoms with Crippen LogP contribution in [-0.4, -0.2) is 41.1 Å². The monoisotopic (exact) mass is 301 g/mol. The van der Waals surface area contributed by atoms with Crippen molar-refractivity contribution in [2.45, 2.75) is 33.2 Å². The summed E-state index contributed by atoms with van der Waals surface area (Å²) in [7, 11) is 3.81. The second-order valence-electron chi connectivity index (χ2n) is 4.33. The first-order chi connectivity index (χ1) is 7.99. The van der Waals surface area contributed by atoms with Crippen LogP contribution in [0.4, 0.5) is 0 Å². The van der Waals surface area contributed by atoms with Gasteiger partial charge in [0, 0.05) is 6.54 Å². The van der Waals surface area contributed by atoms with Crippen molar-refractivity contribution in [3.63, 3.8) is 0 Å². The predicted molar refractivity (Wildman–Crippen MR) is 72.2 cm³/mol. The van der Waals surface area contributed by atoms with Gasteiger partial charge in [0.05, 0.1) is 28.8 Å². The molecule has 0 bridgehead atoms. The largest absolute Gasteiger partial charge is 0.302 e. The number of halogens is 1. The smallest absolute Gasteiger partial charge is 0.152 e. The Morgan fingerprint density at radius 3 is 2.53 bits per heavy atom. The molecule has 1 rings (SSSR count). The van der Waals surface area contributed by atoms with Gasteiger partial charge in [-0.15, -0.1) is 0 Å². The molecule has 0 radical (unpaired) electrons. The molecule has 0 saturated carbocycles. The number of carbonyl (C=O) groups excluding carboxylic acids is 1. The summed E-state index contributed by atoms with van der Waals surface area (Å²) in [5.41, 5.74) is 2.02. The zero-order chi connectivity index (χ0) is 13.0. The Bertz CT molecular complexity index is 399. The molecule has 0 aliphatic heterocycles. The van der Waals surface area contributed by atoms with E-state index >= 15 is 0 Å². The molecule has 1 aromatic rings. The molecule has 1 aromatic heterocycles. The van der Waals surface area contributed by atoms with Crippen LogP contribution in [-0.2, 0) is 24.2 Å². The molecule has 0 unspecified atom stereocenters. The second-order valence-corrected chi connectivity index (χ2v) is 5.12. The van der Waals surface area contributed by atoms with E-state index < -0.39 is 0 Å². The van der Waals surface area contributed by atoms with Crippen molar-refractivity contribution in [2.24, 2.45) is 0 Å². The number of rotatable bonds is 6. The Morgan fingerprint density at radius 1 is 1.41 bits per heavy atom. The van der Waals surface area contributed by atoms with E-state index in [1.807, 2.05) is 30.6 Å². The fourth-order valence-electron chi connectivity index (χ4n) is 1.78. The van der Waals surface area contributed by atoms with Crippen LogP contribution < -0.4 is 0 Å².